The molecule has 6 heteroatoms. The Bertz CT molecular complexity index is 432. The molecule has 1 aliphatic heterocycles. The highest BCUT2D eigenvalue weighted by atomic mass is 35.5. The van der Waals surface area contributed by atoms with Gasteiger partial charge in [-0.05, 0) is 25.7 Å². The third-order valence-electron chi connectivity index (χ3n) is 3.89. The van der Waals surface area contributed by atoms with Crippen LogP contribution in [0.25, 0.3) is 0 Å². The molecule has 0 aliphatic carbocycles. The SMILES string of the molecule is CCC(CC)c1cc(C(=O)N2CCCC(N)C2)on1.Cl. The monoisotopic (exact) mass is 301 g/mol. The van der Waals surface area contributed by atoms with Crippen molar-refractivity contribution in [3.8, 4) is 0 Å². The van der Waals surface area contributed by atoms with Crippen LogP contribution in [0.3, 0.4) is 0 Å². The molecule has 2 heterocycles. The van der Waals surface area contributed by atoms with Gasteiger partial charge < -0.3 is 15.2 Å². The Morgan fingerprint density at radius 2 is 2.25 bits per heavy atom. The number of aromatic nitrogens is 1. The summed E-state index contributed by atoms with van der Waals surface area (Å²) in [6.07, 6.45) is 3.95. The molecule has 1 aromatic rings. The van der Waals surface area contributed by atoms with Gasteiger partial charge in [-0.25, -0.2) is 0 Å². The molecule has 1 unspecified atom stereocenters. The molecule has 2 rings (SSSR count). The summed E-state index contributed by atoms with van der Waals surface area (Å²) in [5.41, 5.74) is 6.78. The van der Waals surface area contributed by atoms with E-state index in [4.69, 9.17) is 10.3 Å². The first-order valence-corrected chi connectivity index (χ1v) is 7.17. The quantitative estimate of drug-likeness (QED) is 0.927. The van der Waals surface area contributed by atoms with E-state index >= 15 is 0 Å². The largest absolute Gasteiger partial charge is 0.351 e. The van der Waals surface area contributed by atoms with Crippen molar-refractivity contribution >= 4 is 18.3 Å². The van der Waals surface area contributed by atoms with Gasteiger partial charge in [-0.15, -0.1) is 12.4 Å². The summed E-state index contributed by atoms with van der Waals surface area (Å²) in [4.78, 5) is 14.1. The van der Waals surface area contributed by atoms with Gasteiger partial charge in [0.15, 0.2) is 0 Å². The van der Waals surface area contributed by atoms with Crippen LogP contribution >= 0.6 is 12.4 Å². The molecule has 0 saturated carbocycles. The van der Waals surface area contributed by atoms with Gasteiger partial charge in [0.2, 0.25) is 5.76 Å². The number of nitrogens with zero attached hydrogens (tertiary/aromatic N) is 2. The maximum absolute atomic E-state index is 12.3. The number of halogens is 1. The molecule has 0 radical (unpaired) electrons. The zero-order valence-corrected chi connectivity index (χ0v) is 13.0. The standard InChI is InChI=1S/C14H23N3O2.ClH/c1-3-10(4-2)12-8-13(19-16-12)14(18)17-7-5-6-11(15)9-17;/h8,10-11H,3-7,9,15H2,1-2H3;1H. The normalized spacial score (nSPS) is 19.0. The number of carbonyl (C=O) groups is 1. The molecule has 0 aromatic carbocycles. The Balaban J connectivity index is 0.00000200. The molecule has 114 valence electrons. The van der Waals surface area contributed by atoms with Crippen LogP contribution in [0.1, 0.15) is 61.7 Å². The van der Waals surface area contributed by atoms with Crippen LogP contribution in [0.15, 0.2) is 10.6 Å². The van der Waals surface area contributed by atoms with E-state index in [0.717, 1.165) is 37.9 Å². The predicted molar refractivity (Wildman–Crippen MR) is 80.2 cm³/mol. The van der Waals surface area contributed by atoms with E-state index in [1.807, 2.05) is 0 Å². The Labute approximate surface area is 126 Å². The smallest absolute Gasteiger partial charge is 0.292 e. The summed E-state index contributed by atoms with van der Waals surface area (Å²) in [5.74, 6) is 0.629. The van der Waals surface area contributed by atoms with Crippen LogP contribution in [0.5, 0.6) is 0 Å². The van der Waals surface area contributed by atoms with Crippen LogP contribution in [-0.2, 0) is 0 Å². The van der Waals surface area contributed by atoms with Gasteiger partial charge in [-0.2, -0.15) is 0 Å². The lowest BCUT2D eigenvalue weighted by atomic mass is 9.99. The average Bonchev–Trinajstić information content (AvgIpc) is 2.89. The molecule has 1 aromatic heterocycles. The predicted octanol–water partition coefficient (Wildman–Crippen LogP) is 2.56. The van der Waals surface area contributed by atoms with Crippen molar-refractivity contribution in [3.05, 3.63) is 17.5 Å². The maximum atomic E-state index is 12.3. The lowest BCUT2D eigenvalue weighted by molar-refractivity contribution is 0.0666. The van der Waals surface area contributed by atoms with E-state index in [-0.39, 0.29) is 24.4 Å². The molecule has 5 nitrogen and oxygen atoms in total. The van der Waals surface area contributed by atoms with Gasteiger partial charge in [-0.3, -0.25) is 4.79 Å². The van der Waals surface area contributed by atoms with Gasteiger partial charge in [0.1, 0.15) is 0 Å². The second-order valence-corrected chi connectivity index (χ2v) is 5.28. The van der Waals surface area contributed by atoms with Crippen molar-refractivity contribution in [2.45, 2.75) is 51.5 Å². The van der Waals surface area contributed by atoms with Gasteiger partial charge in [0.05, 0.1) is 5.69 Å². The minimum atomic E-state index is -0.0835. The first-order chi connectivity index (χ1) is 9.15. The number of likely N-dealkylation sites (tertiary alicyclic amines) is 1. The van der Waals surface area contributed by atoms with Crippen LogP contribution in [0.2, 0.25) is 0 Å². The maximum Gasteiger partial charge on any atom is 0.292 e. The van der Waals surface area contributed by atoms with E-state index in [1.54, 1.807) is 11.0 Å². The van der Waals surface area contributed by atoms with Gasteiger partial charge in [0.25, 0.3) is 5.91 Å². The highest BCUT2D eigenvalue weighted by molar-refractivity contribution is 5.91. The lowest BCUT2D eigenvalue weighted by Gasteiger charge is -2.29. The Morgan fingerprint density at radius 1 is 1.55 bits per heavy atom. The number of hydrogen-bond acceptors (Lipinski definition) is 4. The van der Waals surface area contributed by atoms with E-state index in [0.29, 0.717) is 18.2 Å². The van der Waals surface area contributed by atoms with Crippen molar-refractivity contribution < 1.29 is 9.32 Å². The fourth-order valence-electron chi connectivity index (χ4n) is 2.64. The molecule has 2 N–H and O–H groups in total. The molecule has 1 amide bonds. The van der Waals surface area contributed by atoms with Gasteiger partial charge >= 0.3 is 0 Å². The number of piperidine rings is 1. The summed E-state index contributed by atoms with van der Waals surface area (Å²) in [6.45, 7) is 5.61. The molecule has 20 heavy (non-hydrogen) atoms. The molecule has 0 bridgehead atoms. The molecular weight excluding hydrogens is 278 g/mol. The highest BCUT2D eigenvalue weighted by Crippen LogP contribution is 2.23. The van der Waals surface area contributed by atoms with Gasteiger partial charge in [0, 0.05) is 31.1 Å². The zero-order valence-electron chi connectivity index (χ0n) is 12.2. The summed E-state index contributed by atoms with van der Waals surface area (Å²) >= 11 is 0. The highest BCUT2D eigenvalue weighted by Gasteiger charge is 2.26. The topological polar surface area (TPSA) is 72.4 Å². The summed E-state index contributed by atoms with van der Waals surface area (Å²) in [5, 5.41) is 4.04. The van der Waals surface area contributed by atoms with Crippen molar-refractivity contribution in [2.24, 2.45) is 5.73 Å². The first kappa shape index (κ1) is 17.0. The average molecular weight is 302 g/mol. The molecule has 1 aliphatic rings. The molecule has 1 fully saturated rings. The molecule has 0 spiro atoms. The second kappa shape index (κ2) is 7.64. The lowest BCUT2D eigenvalue weighted by Crippen LogP contribution is -2.45. The Hall–Kier alpha value is -1.07. The van der Waals surface area contributed by atoms with E-state index in [1.165, 1.54) is 0 Å². The number of nitrogens with two attached hydrogens (primary N) is 1. The second-order valence-electron chi connectivity index (χ2n) is 5.28. The van der Waals surface area contributed by atoms with Crippen LogP contribution in [-0.4, -0.2) is 35.1 Å². The minimum absolute atomic E-state index is 0. The number of rotatable bonds is 4. The van der Waals surface area contributed by atoms with Crippen molar-refractivity contribution in [1.82, 2.24) is 10.1 Å². The Kier molecular flexibility index (Phi) is 6.49. The third-order valence-corrected chi connectivity index (χ3v) is 3.89. The van der Waals surface area contributed by atoms with Gasteiger partial charge in [-0.1, -0.05) is 19.0 Å². The zero-order chi connectivity index (χ0) is 13.8. The fourth-order valence-corrected chi connectivity index (χ4v) is 2.64. The summed E-state index contributed by atoms with van der Waals surface area (Å²) in [6, 6.07) is 1.87. The van der Waals surface area contributed by atoms with Crippen LogP contribution in [0.4, 0.5) is 0 Å². The molecular formula is C14H24ClN3O2. The van der Waals surface area contributed by atoms with E-state index in [9.17, 15) is 4.79 Å². The summed E-state index contributed by atoms with van der Waals surface area (Å²) < 4.78 is 5.22. The van der Waals surface area contributed by atoms with E-state index in [2.05, 4.69) is 19.0 Å². The fraction of sp³-hybridized carbons (Fsp3) is 0.714. The number of amides is 1. The first-order valence-electron chi connectivity index (χ1n) is 7.17. The van der Waals surface area contributed by atoms with Crippen molar-refractivity contribution in [3.63, 3.8) is 0 Å². The third kappa shape index (κ3) is 3.73. The number of hydrogen-bond donors (Lipinski definition) is 1. The summed E-state index contributed by atoms with van der Waals surface area (Å²) in [7, 11) is 0. The van der Waals surface area contributed by atoms with Crippen molar-refractivity contribution in [1.29, 1.82) is 0 Å². The van der Waals surface area contributed by atoms with Crippen LogP contribution < -0.4 is 5.73 Å². The van der Waals surface area contributed by atoms with Crippen LogP contribution in [0, 0.1) is 0 Å². The Morgan fingerprint density at radius 3 is 2.85 bits per heavy atom. The van der Waals surface area contributed by atoms with Crippen molar-refractivity contribution in [2.75, 3.05) is 13.1 Å². The minimum Gasteiger partial charge on any atom is -0.351 e. The molecule has 1 atom stereocenters. The van der Waals surface area contributed by atoms with E-state index < -0.39 is 0 Å². The molecule has 1 saturated heterocycles. The number of carbonyl (C=O) groups excluding carboxylic acids is 1.